The van der Waals surface area contributed by atoms with E-state index in [9.17, 15) is 8.42 Å². The van der Waals surface area contributed by atoms with Gasteiger partial charge in [0.05, 0.1) is 11.5 Å². The van der Waals surface area contributed by atoms with Gasteiger partial charge in [-0.25, -0.2) is 8.42 Å². The van der Waals surface area contributed by atoms with Crippen LogP contribution >= 0.6 is 0 Å². The van der Waals surface area contributed by atoms with Crippen LogP contribution in [0, 0.1) is 6.07 Å². The highest BCUT2D eigenvalue weighted by Gasteiger charge is 2.21. The van der Waals surface area contributed by atoms with E-state index in [1.54, 1.807) is 0 Å². The second-order valence-electron chi connectivity index (χ2n) is 4.71. The van der Waals surface area contributed by atoms with Crippen LogP contribution in [0.2, 0.25) is 0 Å². The van der Waals surface area contributed by atoms with Crippen molar-refractivity contribution in [2.24, 2.45) is 0 Å². The third-order valence-corrected chi connectivity index (χ3v) is 5.05. The highest BCUT2D eigenvalue weighted by atomic mass is 32.2. The topological polar surface area (TPSA) is 53.2 Å². The van der Waals surface area contributed by atoms with E-state index in [4.69, 9.17) is 0 Å². The molecule has 0 amide bonds. The minimum absolute atomic E-state index is 0.278. The van der Waals surface area contributed by atoms with Gasteiger partial charge in [0, 0.05) is 36.7 Å². The molecule has 1 aromatic carbocycles. The molecule has 2 heterocycles. The van der Waals surface area contributed by atoms with E-state index >= 15 is 0 Å². The zero-order valence-corrected chi connectivity index (χ0v) is 10.8. The molecule has 1 fully saturated rings. The summed E-state index contributed by atoms with van der Waals surface area (Å²) >= 11 is 0. The van der Waals surface area contributed by atoms with Crippen LogP contribution in [0.4, 0.5) is 0 Å². The molecular weight excluding hydrogens is 248 g/mol. The number of H-pyrrole nitrogens is 1. The van der Waals surface area contributed by atoms with Gasteiger partial charge in [0.25, 0.3) is 0 Å². The molecule has 4 nitrogen and oxygen atoms in total. The SMILES string of the molecule is O=S1(=O)CCN(Cc2c[c]cc3[nH]ccc23)CC1. The van der Waals surface area contributed by atoms with Crippen molar-refractivity contribution in [3.63, 3.8) is 0 Å². The van der Waals surface area contributed by atoms with Gasteiger partial charge in [0.15, 0.2) is 9.84 Å². The Balaban J connectivity index is 1.79. The van der Waals surface area contributed by atoms with Gasteiger partial charge in [0.2, 0.25) is 0 Å². The number of hydrogen-bond acceptors (Lipinski definition) is 3. The van der Waals surface area contributed by atoms with E-state index in [0.29, 0.717) is 13.1 Å². The number of rotatable bonds is 2. The van der Waals surface area contributed by atoms with E-state index in [0.717, 1.165) is 12.1 Å². The second-order valence-corrected chi connectivity index (χ2v) is 7.02. The highest BCUT2D eigenvalue weighted by Crippen LogP contribution is 2.19. The van der Waals surface area contributed by atoms with Gasteiger partial charge in [-0.05, 0) is 29.8 Å². The third-order valence-electron chi connectivity index (χ3n) is 3.44. The first-order valence-corrected chi connectivity index (χ1v) is 7.85. The number of benzene rings is 1. The zero-order valence-electron chi connectivity index (χ0n) is 10.0. The first kappa shape index (κ1) is 11.7. The van der Waals surface area contributed by atoms with E-state index in [1.807, 2.05) is 18.3 Å². The molecule has 0 saturated carbocycles. The predicted octanol–water partition coefficient (Wildman–Crippen LogP) is 1.20. The van der Waals surface area contributed by atoms with Gasteiger partial charge < -0.3 is 4.98 Å². The lowest BCUT2D eigenvalue weighted by Crippen LogP contribution is -2.39. The fraction of sp³-hybridized carbons (Fsp3) is 0.385. The fourth-order valence-corrected chi connectivity index (χ4v) is 3.64. The van der Waals surface area contributed by atoms with Crippen molar-refractivity contribution < 1.29 is 8.42 Å². The average Bonchev–Trinajstić information content (AvgIpc) is 2.81. The molecule has 5 heteroatoms. The standard InChI is InChI=1S/C13H15N2O2S/c16-18(17)8-6-15(7-9-18)10-11-2-1-3-13-12(11)4-5-14-13/h2-5,14H,6-10H2. The maximum absolute atomic E-state index is 11.4. The van der Waals surface area contributed by atoms with Gasteiger partial charge in [-0.1, -0.05) is 0 Å². The third kappa shape index (κ3) is 2.28. The Bertz CT molecular complexity index is 646. The van der Waals surface area contributed by atoms with Crippen LogP contribution in [-0.4, -0.2) is 42.9 Å². The van der Waals surface area contributed by atoms with E-state index < -0.39 is 9.84 Å². The normalized spacial score (nSPS) is 20.2. The summed E-state index contributed by atoms with van der Waals surface area (Å²) in [6, 6.07) is 9.09. The Hall–Kier alpha value is -1.33. The number of aromatic nitrogens is 1. The maximum Gasteiger partial charge on any atom is 0.152 e. The van der Waals surface area contributed by atoms with Crippen LogP contribution < -0.4 is 0 Å². The van der Waals surface area contributed by atoms with Gasteiger partial charge in [-0.3, -0.25) is 4.90 Å². The van der Waals surface area contributed by atoms with Crippen LogP contribution in [0.1, 0.15) is 5.56 Å². The first-order valence-electron chi connectivity index (χ1n) is 6.03. The van der Waals surface area contributed by atoms with Crippen molar-refractivity contribution in [3.05, 3.63) is 36.0 Å². The number of sulfone groups is 1. The molecule has 95 valence electrons. The largest absolute Gasteiger partial charge is 0.361 e. The Morgan fingerprint density at radius 2 is 2.06 bits per heavy atom. The molecule has 1 aliphatic rings. The minimum atomic E-state index is -2.80. The van der Waals surface area contributed by atoms with Crippen LogP contribution in [0.5, 0.6) is 0 Å². The lowest BCUT2D eigenvalue weighted by Gasteiger charge is -2.26. The smallest absolute Gasteiger partial charge is 0.152 e. The molecule has 1 saturated heterocycles. The average molecular weight is 263 g/mol. The van der Waals surface area contributed by atoms with Crippen molar-refractivity contribution in [3.8, 4) is 0 Å². The maximum atomic E-state index is 11.4. The zero-order chi connectivity index (χ0) is 12.6. The molecule has 0 unspecified atom stereocenters. The van der Waals surface area contributed by atoms with E-state index in [1.165, 1.54) is 10.9 Å². The summed E-state index contributed by atoms with van der Waals surface area (Å²) in [7, 11) is -2.80. The molecule has 0 atom stereocenters. The molecule has 2 aromatic rings. The summed E-state index contributed by atoms with van der Waals surface area (Å²) in [5, 5.41) is 1.20. The molecular formula is C13H15N2O2S. The molecule has 0 spiro atoms. The van der Waals surface area contributed by atoms with Gasteiger partial charge in [-0.15, -0.1) is 0 Å². The fourth-order valence-electron chi connectivity index (χ4n) is 2.37. The molecule has 0 bridgehead atoms. The number of aromatic amines is 1. The van der Waals surface area contributed by atoms with Crippen molar-refractivity contribution in [2.45, 2.75) is 6.54 Å². The van der Waals surface area contributed by atoms with Crippen molar-refractivity contribution >= 4 is 20.7 Å². The Morgan fingerprint density at radius 1 is 1.28 bits per heavy atom. The summed E-state index contributed by atoms with van der Waals surface area (Å²) in [6.07, 6.45) is 1.92. The number of hydrogen-bond donors (Lipinski definition) is 1. The van der Waals surface area contributed by atoms with Crippen molar-refractivity contribution in [2.75, 3.05) is 24.6 Å². The van der Waals surface area contributed by atoms with Gasteiger partial charge in [-0.2, -0.15) is 0 Å². The van der Waals surface area contributed by atoms with Crippen LogP contribution in [0.15, 0.2) is 24.4 Å². The Kier molecular flexibility index (Phi) is 2.87. The predicted molar refractivity (Wildman–Crippen MR) is 71.1 cm³/mol. The first-order chi connectivity index (χ1) is 8.64. The second kappa shape index (κ2) is 4.40. The highest BCUT2D eigenvalue weighted by molar-refractivity contribution is 7.91. The number of nitrogens with one attached hydrogen (secondary N) is 1. The monoisotopic (exact) mass is 263 g/mol. The Morgan fingerprint density at radius 3 is 2.83 bits per heavy atom. The van der Waals surface area contributed by atoms with Crippen LogP contribution in [-0.2, 0) is 16.4 Å². The number of nitrogens with zero attached hydrogens (tertiary/aromatic N) is 1. The van der Waals surface area contributed by atoms with E-state index in [-0.39, 0.29) is 11.5 Å². The van der Waals surface area contributed by atoms with E-state index in [2.05, 4.69) is 22.0 Å². The summed E-state index contributed by atoms with van der Waals surface area (Å²) in [6.45, 7) is 2.05. The van der Waals surface area contributed by atoms with Crippen LogP contribution in [0.25, 0.3) is 10.9 Å². The summed E-state index contributed by atoms with van der Waals surface area (Å²) < 4.78 is 22.8. The number of fused-ring (bicyclic) bond motifs is 1. The lowest BCUT2D eigenvalue weighted by molar-refractivity contribution is 0.288. The quantitative estimate of drug-likeness (QED) is 0.885. The molecule has 0 aliphatic carbocycles. The van der Waals surface area contributed by atoms with Crippen LogP contribution in [0.3, 0.4) is 0 Å². The molecule has 1 N–H and O–H groups in total. The summed E-state index contributed by atoms with van der Waals surface area (Å²) in [5.41, 5.74) is 2.28. The molecule has 1 aliphatic heterocycles. The summed E-state index contributed by atoms with van der Waals surface area (Å²) in [4.78, 5) is 5.36. The molecule has 1 aromatic heterocycles. The molecule has 3 rings (SSSR count). The lowest BCUT2D eigenvalue weighted by atomic mass is 10.1. The van der Waals surface area contributed by atoms with Gasteiger partial charge >= 0.3 is 0 Å². The molecule has 1 radical (unpaired) electrons. The van der Waals surface area contributed by atoms with Crippen molar-refractivity contribution in [1.29, 1.82) is 0 Å². The summed E-state index contributed by atoms with van der Waals surface area (Å²) in [5.74, 6) is 0.555. The minimum Gasteiger partial charge on any atom is -0.361 e. The Labute approximate surface area is 107 Å². The van der Waals surface area contributed by atoms with Crippen molar-refractivity contribution in [1.82, 2.24) is 9.88 Å². The molecule has 18 heavy (non-hydrogen) atoms. The van der Waals surface area contributed by atoms with Gasteiger partial charge in [0.1, 0.15) is 0 Å².